The molecule has 0 spiro atoms. The number of benzene rings is 3. The highest BCUT2D eigenvalue weighted by molar-refractivity contribution is 6.49. The third-order valence-corrected chi connectivity index (χ3v) is 7.35. The summed E-state index contributed by atoms with van der Waals surface area (Å²) in [4.78, 5) is 53.9. The van der Waals surface area contributed by atoms with Gasteiger partial charge in [0, 0.05) is 6.54 Å². The highest BCUT2D eigenvalue weighted by Gasteiger charge is 2.42. The first-order valence-corrected chi connectivity index (χ1v) is 15.0. The topological polar surface area (TPSA) is 130 Å². The first-order chi connectivity index (χ1) is 21.9. The fraction of sp³-hybridized carbons (Fsp3) is 0.353. The number of carbonyl (C=O) groups is 4. The predicted molar refractivity (Wildman–Crippen MR) is 170 cm³/mol. The average Bonchev–Trinajstić information content (AvgIpc) is 3.03. The van der Waals surface area contributed by atoms with E-state index < -0.39 is 35.3 Å². The molecular weight excluding hydrogens is 616 g/mol. The molecule has 1 atom stereocenters. The Bertz CT molecular complexity index is 1570. The lowest BCUT2D eigenvalue weighted by atomic mass is 10.0. The van der Waals surface area contributed by atoms with Crippen molar-refractivity contribution < 1.29 is 42.9 Å². The Morgan fingerprint density at radius 2 is 1.43 bits per heavy atom. The molecule has 1 aliphatic rings. The number of methoxy groups -OCH3 is 2. The predicted octanol–water partition coefficient (Wildman–Crippen LogP) is 5.74. The summed E-state index contributed by atoms with van der Waals surface area (Å²) in [5.74, 6) is -1.35. The first-order valence-electron chi connectivity index (χ1n) is 14.6. The van der Waals surface area contributed by atoms with Crippen LogP contribution < -0.4 is 24.3 Å². The summed E-state index contributed by atoms with van der Waals surface area (Å²) in [5.41, 5.74) is 0.363. The second kappa shape index (κ2) is 15.0. The van der Waals surface area contributed by atoms with Gasteiger partial charge in [-0.1, -0.05) is 35.9 Å². The lowest BCUT2D eigenvalue weighted by molar-refractivity contribution is -0.137. The molecule has 11 nitrogen and oxygen atoms in total. The monoisotopic (exact) mass is 652 g/mol. The van der Waals surface area contributed by atoms with Gasteiger partial charge in [-0.25, -0.2) is 9.69 Å². The van der Waals surface area contributed by atoms with Crippen molar-refractivity contribution >= 4 is 35.3 Å². The van der Waals surface area contributed by atoms with Crippen molar-refractivity contribution in [3.8, 4) is 23.0 Å². The third-order valence-electron chi connectivity index (χ3n) is 6.97. The van der Waals surface area contributed by atoms with Crippen molar-refractivity contribution in [2.24, 2.45) is 0 Å². The molecule has 3 aromatic rings. The van der Waals surface area contributed by atoms with Crippen molar-refractivity contribution in [1.82, 2.24) is 10.2 Å². The zero-order valence-corrected chi connectivity index (χ0v) is 27.1. The first kappa shape index (κ1) is 34.1. The maximum atomic E-state index is 13.7. The van der Waals surface area contributed by atoms with E-state index in [9.17, 15) is 19.2 Å². The number of amides is 3. The second-order valence-electron chi connectivity index (χ2n) is 11.5. The Morgan fingerprint density at radius 1 is 0.870 bits per heavy atom. The van der Waals surface area contributed by atoms with E-state index in [-0.39, 0.29) is 41.7 Å². The number of piperidine rings is 1. The molecule has 0 radical (unpaired) electrons. The van der Waals surface area contributed by atoms with Gasteiger partial charge in [-0.2, -0.15) is 0 Å². The van der Waals surface area contributed by atoms with E-state index in [1.165, 1.54) is 12.1 Å². The number of carbonyl (C=O) groups excluding carboxylic acids is 4. The molecule has 1 aliphatic heterocycles. The van der Waals surface area contributed by atoms with Crippen molar-refractivity contribution in [3.63, 3.8) is 0 Å². The van der Waals surface area contributed by atoms with Gasteiger partial charge in [0.1, 0.15) is 36.4 Å². The minimum Gasteiger partial charge on any atom is -0.497 e. The van der Waals surface area contributed by atoms with E-state index in [1.807, 2.05) is 12.1 Å². The van der Waals surface area contributed by atoms with Gasteiger partial charge >= 0.3 is 12.0 Å². The van der Waals surface area contributed by atoms with E-state index in [0.717, 1.165) is 11.1 Å². The summed E-state index contributed by atoms with van der Waals surface area (Å²) in [5, 5.41) is 2.44. The summed E-state index contributed by atoms with van der Waals surface area (Å²) in [6.07, 6.45) is -0.437. The second-order valence-corrected chi connectivity index (χ2v) is 11.8. The van der Waals surface area contributed by atoms with E-state index in [0.29, 0.717) is 29.4 Å². The largest absolute Gasteiger partial charge is 0.497 e. The van der Waals surface area contributed by atoms with Crippen LogP contribution in [-0.4, -0.2) is 61.0 Å². The smallest absolute Gasteiger partial charge is 0.418 e. The molecule has 244 valence electrons. The minimum absolute atomic E-state index is 0.0175. The number of ether oxygens (including phenoxy) is 5. The number of rotatable bonds is 11. The zero-order valence-electron chi connectivity index (χ0n) is 26.4. The van der Waals surface area contributed by atoms with Crippen LogP contribution in [0.25, 0.3) is 0 Å². The number of hydrogen-bond donors (Lipinski definition) is 1. The van der Waals surface area contributed by atoms with Crippen LogP contribution in [0.4, 0.5) is 4.79 Å². The van der Waals surface area contributed by atoms with Crippen LogP contribution in [0.15, 0.2) is 60.7 Å². The van der Waals surface area contributed by atoms with Gasteiger partial charge in [0.15, 0.2) is 11.5 Å². The van der Waals surface area contributed by atoms with Crippen LogP contribution in [0.1, 0.15) is 55.1 Å². The van der Waals surface area contributed by atoms with E-state index in [2.05, 4.69) is 5.32 Å². The molecular formula is C34H37ClN2O9. The highest BCUT2D eigenvalue weighted by atomic mass is 35.5. The molecule has 46 heavy (non-hydrogen) atoms. The Kier molecular flexibility index (Phi) is 11.1. The Hall–Kier alpha value is -4.77. The summed E-state index contributed by atoms with van der Waals surface area (Å²) < 4.78 is 28.0. The van der Waals surface area contributed by atoms with Crippen LogP contribution in [0.3, 0.4) is 0 Å². The van der Waals surface area contributed by atoms with Gasteiger partial charge in [0.05, 0.1) is 24.8 Å². The van der Waals surface area contributed by atoms with Crippen LogP contribution in [0.5, 0.6) is 23.0 Å². The number of Topliss-reactive ketones (excluding diaryl/α,β-unsaturated/α-hetero) is 1. The number of ketones is 1. The fourth-order valence-corrected chi connectivity index (χ4v) is 4.91. The van der Waals surface area contributed by atoms with Gasteiger partial charge in [-0.15, -0.1) is 0 Å². The Balaban J connectivity index is 1.67. The zero-order chi connectivity index (χ0) is 33.4. The Labute approximate surface area is 272 Å². The fourth-order valence-electron chi connectivity index (χ4n) is 4.61. The standard InChI is InChI=1S/C34H37ClN2O9/c1-34(2,3)46-33(41)37(26-7-6-18-36-31(26)39)32(40)29(38)25-16-17-27(44-19-21-8-12-23(42-4)13-9-21)30(28(25)35)45-20-22-10-14-24(43-5)15-11-22/h8-17,26H,6-7,18-20H2,1-5H3,(H,36,39)/t26-/m1/s1. The number of nitrogens with zero attached hydrogens (tertiary/aromatic N) is 1. The molecule has 0 saturated carbocycles. The number of imide groups is 1. The number of nitrogens with one attached hydrogen (secondary N) is 1. The molecule has 1 fully saturated rings. The molecule has 1 N–H and O–H groups in total. The van der Waals surface area contributed by atoms with Gasteiger partial charge < -0.3 is 29.0 Å². The molecule has 12 heteroatoms. The SMILES string of the molecule is COc1ccc(COc2ccc(C(=O)C(=O)N(C(=O)OC(C)(C)C)[C@@H]3CCCNC3=O)c(Cl)c2OCc2ccc(OC)cc2)cc1. The quantitative estimate of drug-likeness (QED) is 0.204. The van der Waals surface area contributed by atoms with Crippen molar-refractivity contribution in [1.29, 1.82) is 0 Å². The van der Waals surface area contributed by atoms with Crippen LogP contribution in [0, 0.1) is 0 Å². The summed E-state index contributed by atoms with van der Waals surface area (Å²) in [7, 11) is 3.14. The molecule has 1 heterocycles. The number of halogens is 1. The van der Waals surface area contributed by atoms with E-state index in [4.69, 9.17) is 35.3 Å². The van der Waals surface area contributed by atoms with Crippen LogP contribution >= 0.6 is 11.6 Å². The summed E-state index contributed by atoms with van der Waals surface area (Å²) in [6.45, 7) is 5.41. The van der Waals surface area contributed by atoms with Crippen molar-refractivity contribution in [2.45, 2.75) is 58.5 Å². The maximum Gasteiger partial charge on any atom is 0.418 e. The lowest BCUT2D eigenvalue weighted by Gasteiger charge is -2.33. The molecule has 4 rings (SSSR count). The van der Waals surface area contributed by atoms with Gasteiger partial charge in [0.25, 0.3) is 5.78 Å². The molecule has 0 unspecified atom stereocenters. The molecule has 1 saturated heterocycles. The van der Waals surface area contributed by atoms with Crippen molar-refractivity contribution in [3.05, 3.63) is 82.4 Å². The molecule has 0 bridgehead atoms. The molecule has 0 aliphatic carbocycles. The lowest BCUT2D eigenvalue weighted by Crippen LogP contribution is -2.57. The maximum absolute atomic E-state index is 13.7. The van der Waals surface area contributed by atoms with Crippen LogP contribution in [-0.2, 0) is 27.5 Å². The summed E-state index contributed by atoms with van der Waals surface area (Å²) in [6, 6.07) is 16.0. The third kappa shape index (κ3) is 8.48. The van der Waals surface area contributed by atoms with E-state index >= 15 is 0 Å². The van der Waals surface area contributed by atoms with Gasteiger partial charge in [0.2, 0.25) is 5.91 Å². The van der Waals surface area contributed by atoms with Crippen LogP contribution in [0.2, 0.25) is 5.02 Å². The normalized spacial score (nSPS) is 14.5. The highest BCUT2D eigenvalue weighted by Crippen LogP contribution is 2.39. The Morgan fingerprint density at radius 3 is 1.96 bits per heavy atom. The van der Waals surface area contributed by atoms with Gasteiger partial charge in [-0.05, 0) is 81.1 Å². The summed E-state index contributed by atoms with van der Waals surface area (Å²) >= 11 is 6.76. The molecule has 3 amide bonds. The van der Waals surface area contributed by atoms with Crippen molar-refractivity contribution in [2.75, 3.05) is 20.8 Å². The minimum atomic E-state index is -1.26. The number of hydrogen-bond acceptors (Lipinski definition) is 9. The molecule has 0 aromatic heterocycles. The van der Waals surface area contributed by atoms with E-state index in [1.54, 1.807) is 71.4 Å². The average molecular weight is 653 g/mol. The molecule has 3 aromatic carbocycles. The van der Waals surface area contributed by atoms with Gasteiger partial charge in [-0.3, -0.25) is 14.4 Å².